The van der Waals surface area contributed by atoms with Gasteiger partial charge in [-0.25, -0.2) is 4.79 Å². The molecule has 1 unspecified atom stereocenters. The van der Waals surface area contributed by atoms with E-state index in [0.29, 0.717) is 0 Å². The second-order valence-electron chi connectivity index (χ2n) is 4.09. The third-order valence-electron chi connectivity index (χ3n) is 2.35. The number of carboxylic acid groups (broad SMARTS) is 1. The molecule has 0 aliphatic carbocycles. The summed E-state index contributed by atoms with van der Waals surface area (Å²) in [4.78, 5) is 35.2. The van der Waals surface area contributed by atoms with Crippen molar-refractivity contribution < 1.29 is 19.5 Å². The lowest BCUT2D eigenvalue weighted by Gasteiger charge is -2.12. The molecule has 3 amide bonds. The highest BCUT2D eigenvalue weighted by Crippen LogP contribution is 2.21. The molecule has 1 atom stereocenters. The number of thiophene rings is 1. The van der Waals surface area contributed by atoms with Gasteiger partial charge >= 0.3 is 12.0 Å². The minimum atomic E-state index is -1.07. The lowest BCUT2D eigenvalue weighted by molar-refractivity contribution is -0.138. The minimum absolute atomic E-state index is 0.203. The van der Waals surface area contributed by atoms with Crippen LogP contribution in [0.2, 0.25) is 0 Å². The van der Waals surface area contributed by atoms with Crippen molar-refractivity contribution >= 4 is 29.2 Å². The van der Waals surface area contributed by atoms with Gasteiger partial charge in [-0.05, 0) is 26.0 Å². The van der Waals surface area contributed by atoms with E-state index < -0.39 is 17.9 Å². The van der Waals surface area contributed by atoms with E-state index in [1.165, 1.54) is 0 Å². The van der Waals surface area contributed by atoms with Gasteiger partial charge in [0, 0.05) is 16.2 Å². The van der Waals surface area contributed by atoms with Crippen molar-refractivity contribution in [1.82, 2.24) is 10.6 Å². The van der Waals surface area contributed by atoms with Crippen molar-refractivity contribution in [1.29, 1.82) is 0 Å². The van der Waals surface area contributed by atoms with Crippen LogP contribution in [0.5, 0.6) is 0 Å². The third-order valence-corrected chi connectivity index (χ3v) is 3.54. The molecule has 0 radical (unpaired) electrons. The maximum atomic E-state index is 11.5. The van der Waals surface area contributed by atoms with E-state index in [0.717, 1.165) is 9.75 Å². The van der Waals surface area contributed by atoms with Gasteiger partial charge < -0.3 is 10.4 Å². The fraction of sp³-hybridized carbons (Fsp3) is 0.417. The summed E-state index contributed by atoms with van der Waals surface area (Å²) in [6.07, 6.45) is -0.506. The summed E-state index contributed by atoms with van der Waals surface area (Å²) < 4.78 is 0. The van der Waals surface area contributed by atoms with Crippen molar-refractivity contribution in [2.75, 3.05) is 0 Å². The Bertz CT molecular complexity index is 484. The number of carbonyl (C=O) groups excluding carboxylic acids is 2. The quantitative estimate of drug-likeness (QED) is 0.768. The molecule has 1 aromatic rings. The standard InChI is InChI=1S/C12H16N2O4S/c1-7-3-4-9(19-7)8(2)13-12(18)14-10(15)5-6-11(16)17/h3-4,8H,5-6H2,1-2H3,(H,16,17)(H2,13,14,15,18). The summed E-state index contributed by atoms with van der Waals surface area (Å²) in [6, 6.07) is 3.05. The van der Waals surface area contributed by atoms with Crippen molar-refractivity contribution in [3.05, 3.63) is 21.9 Å². The molecule has 0 saturated carbocycles. The largest absolute Gasteiger partial charge is 0.481 e. The van der Waals surface area contributed by atoms with Crippen LogP contribution in [0.3, 0.4) is 0 Å². The molecule has 1 heterocycles. The van der Waals surface area contributed by atoms with Gasteiger partial charge in [-0.15, -0.1) is 11.3 Å². The van der Waals surface area contributed by atoms with Crippen LogP contribution in [0.25, 0.3) is 0 Å². The number of amides is 3. The van der Waals surface area contributed by atoms with E-state index in [9.17, 15) is 14.4 Å². The zero-order valence-corrected chi connectivity index (χ0v) is 11.5. The molecule has 1 aromatic heterocycles. The van der Waals surface area contributed by atoms with Crippen LogP contribution < -0.4 is 10.6 Å². The molecule has 0 aromatic carbocycles. The predicted octanol–water partition coefficient (Wildman–Crippen LogP) is 1.81. The zero-order chi connectivity index (χ0) is 14.4. The Morgan fingerprint density at radius 2 is 2.00 bits per heavy atom. The summed E-state index contributed by atoms with van der Waals surface area (Å²) in [5, 5.41) is 13.1. The lowest BCUT2D eigenvalue weighted by Crippen LogP contribution is -2.40. The Morgan fingerprint density at radius 3 is 2.53 bits per heavy atom. The Labute approximate surface area is 114 Å². The Kier molecular flexibility index (Phi) is 5.50. The normalized spacial score (nSPS) is 11.7. The SMILES string of the molecule is Cc1ccc(C(C)NC(=O)NC(=O)CCC(=O)O)s1. The highest BCUT2D eigenvalue weighted by Gasteiger charge is 2.13. The molecule has 0 aliphatic heterocycles. The Hall–Kier alpha value is -1.89. The highest BCUT2D eigenvalue weighted by atomic mass is 32.1. The smallest absolute Gasteiger partial charge is 0.321 e. The molecule has 6 nitrogen and oxygen atoms in total. The van der Waals surface area contributed by atoms with Crippen LogP contribution in [0.1, 0.15) is 35.6 Å². The summed E-state index contributed by atoms with van der Waals surface area (Å²) in [5.41, 5.74) is 0. The van der Waals surface area contributed by atoms with Gasteiger partial charge in [-0.1, -0.05) is 0 Å². The number of aryl methyl sites for hydroxylation is 1. The van der Waals surface area contributed by atoms with Crippen molar-refractivity contribution in [2.45, 2.75) is 32.7 Å². The van der Waals surface area contributed by atoms with Crippen LogP contribution in [0.4, 0.5) is 4.79 Å². The number of urea groups is 1. The van der Waals surface area contributed by atoms with E-state index in [1.807, 2.05) is 26.0 Å². The lowest BCUT2D eigenvalue weighted by atomic mass is 10.3. The molecule has 104 valence electrons. The Morgan fingerprint density at radius 1 is 1.32 bits per heavy atom. The molecule has 0 saturated heterocycles. The van der Waals surface area contributed by atoms with Gasteiger partial charge in [0.05, 0.1) is 12.5 Å². The second kappa shape index (κ2) is 6.89. The van der Waals surface area contributed by atoms with Gasteiger partial charge in [0.2, 0.25) is 5.91 Å². The molecule has 19 heavy (non-hydrogen) atoms. The zero-order valence-electron chi connectivity index (χ0n) is 10.7. The first-order chi connectivity index (χ1) is 8.88. The first-order valence-electron chi connectivity index (χ1n) is 5.77. The molecular weight excluding hydrogens is 268 g/mol. The van der Waals surface area contributed by atoms with E-state index in [2.05, 4.69) is 10.6 Å². The summed E-state index contributed by atoms with van der Waals surface area (Å²) in [7, 11) is 0. The number of rotatable bonds is 5. The van der Waals surface area contributed by atoms with Crippen LogP contribution in [0.15, 0.2) is 12.1 Å². The van der Waals surface area contributed by atoms with Crippen LogP contribution in [-0.4, -0.2) is 23.0 Å². The minimum Gasteiger partial charge on any atom is -0.481 e. The fourth-order valence-corrected chi connectivity index (χ4v) is 2.28. The molecule has 0 aliphatic rings. The maximum absolute atomic E-state index is 11.5. The topological polar surface area (TPSA) is 95.5 Å². The summed E-state index contributed by atoms with van der Waals surface area (Å²) in [5.74, 6) is -1.67. The van der Waals surface area contributed by atoms with Crippen molar-refractivity contribution in [3.8, 4) is 0 Å². The van der Waals surface area contributed by atoms with Crippen LogP contribution >= 0.6 is 11.3 Å². The van der Waals surface area contributed by atoms with E-state index in [-0.39, 0.29) is 18.9 Å². The number of hydrogen-bond acceptors (Lipinski definition) is 4. The van der Waals surface area contributed by atoms with Crippen molar-refractivity contribution in [3.63, 3.8) is 0 Å². The maximum Gasteiger partial charge on any atom is 0.321 e. The highest BCUT2D eigenvalue weighted by molar-refractivity contribution is 7.12. The molecule has 3 N–H and O–H groups in total. The van der Waals surface area contributed by atoms with Crippen molar-refractivity contribution in [2.24, 2.45) is 0 Å². The molecular formula is C12H16N2O4S. The molecule has 1 rings (SSSR count). The fourth-order valence-electron chi connectivity index (χ4n) is 1.40. The molecule has 7 heteroatoms. The average Bonchev–Trinajstić information content (AvgIpc) is 2.73. The van der Waals surface area contributed by atoms with Crippen LogP contribution in [0, 0.1) is 6.92 Å². The third kappa shape index (κ3) is 5.52. The van der Waals surface area contributed by atoms with Gasteiger partial charge in [0.15, 0.2) is 0 Å². The monoisotopic (exact) mass is 284 g/mol. The number of carboxylic acids is 1. The molecule has 0 bridgehead atoms. The Balaban J connectivity index is 2.38. The second-order valence-corrected chi connectivity index (χ2v) is 5.40. The number of carbonyl (C=O) groups is 3. The number of aliphatic carboxylic acids is 1. The van der Waals surface area contributed by atoms with Gasteiger partial charge in [0.25, 0.3) is 0 Å². The summed E-state index contributed by atoms with van der Waals surface area (Å²) >= 11 is 1.57. The van der Waals surface area contributed by atoms with Gasteiger partial charge in [-0.3, -0.25) is 14.9 Å². The first-order valence-corrected chi connectivity index (χ1v) is 6.58. The van der Waals surface area contributed by atoms with E-state index in [1.54, 1.807) is 11.3 Å². The summed E-state index contributed by atoms with van der Waals surface area (Å²) in [6.45, 7) is 3.78. The van der Waals surface area contributed by atoms with E-state index in [4.69, 9.17) is 5.11 Å². The molecule has 0 fully saturated rings. The predicted molar refractivity (Wildman–Crippen MR) is 71.0 cm³/mol. The van der Waals surface area contributed by atoms with E-state index >= 15 is 0 Å². The average molecular weight is 284 g/mol. The number of imide groups is 1. The first kappa shape index (κ1) is 15.2. The number of hydrogen-bond donors (Lipinski definition) is 3. The van der Waals surface area contributed by atoms with Gasteiger partial charge in [-0.2, -0.15) is 0 Å². The van der Waals surface area contributed by atoms with Crippen LogP contribution in [-0.2, 0) is 9.59 Å². The number of nitrogens with one attached hydrogen (secondary N) is 2. The molecule has 0 spiro atoms. The van der Waals surface area contributed by atoms with Gasteiger partial charge in [0.1, 0.15) is 0 Å².